The van der Waals surface area contributed by atoms with Gasteiger partial charge in [0, 0.05) is 38.3 Å². The highest BCUT2D eigenvalue weighted by molar-refractivity contribution is 5.94. The molecule has 5 rings (SSSR count). The molecule has 10 heteroatoms. The number of pyridine rings is 2. The minimum atomic E-state index is -0.162. The zero-order valence-electron chi connectivity index (χ0n) is 20.0. The Balaban J connectivity index is 1.32. The van der Waals surface area contributed by atoms with Crippen molar-refractivity contribution in [2.24, 2.45) is 7.05 Å². The second-order valence-corrected chi connectivity index (χ2v) is 8.64. The molecule has 0 saturated carbocycles. The van der Waals surface area contributed by atoms with E-state index in [1.165, 1.54) is 17.7 Å². The first-order valence-corrected chi connectivity index (χ1v) is 11.6. The summed E-state index contributed by atoms with van der Waals surface area (Å²) in [6, 6.07) is 12.4. The van der Waals surface area contributed by atoms with E-state index in [1.807, 2.05) is 23.1 Å². The van der Waals surface area contributed by atoms with E-state index in [0.29, 0.717) is 55.3 Å². The Hall–Kier alpha value is -4.52. The van der Waals surface area contributed by atoms with Crippen LogP contribution in [0.5, 0.6) is 17.4 Å². The van der Waals surface area contributed by atoms with Gasteiger partial charge in [0.15, 0.2) is 0 Å². The van der Waals surface area contributed by atoms with Crippen molar-refractivity contribution in [3.8, 4) is 23.4 Å². The van der Waals surface area contributed by atoms with Gasteiger partial charge in [-0.15, -0.1) is 0 Å². The summed E-state index contributed by atoms with van der Waals surface area (Å²) in [6.07, 6.45) is 3.76. The lowest BCUT2D eigenvalue weighted by Crippen LogP contribution is -2.32. The number of ether oxygens (including phenoxy) is 3. The molecular weight excluding hydrogens is 462 g/mol. The van der Waals surface area contributed by atoms with Crippen molar-refractivity contribution in [1.82, 2.24) is 14.5 Å². The van der Waals surface area contributed by atoms with Gasteiger partial charge >= 0.3 is 0 Å². The molecule has 2 aliphatic heterocycles. The molecule has 4 heterocycles. The van der Waals surface area contributed by atoms with Gasteiger partial charge in [-0.1, -0.05) is 0 Å². The monoisotopic (exact) mass is 487 g/mol. The molecule has 36 heavy (non-hydrogen) atoms. The average molecular weight is 488 g/mol. The Morgan fingerprint density at radius 3 is 2.86 bits per heavy atom. The summed E-state index contributed by atoms with van der Waals surface area (Å²) in [7, 11) is 3.11. The summed E-state index contributed by atoms with van der Waals surface area (Å²) in [6.45, 7) is 2.10. The maximum absolute atomic E-state index is 12.9. The van der Waals surface area contributed by atoms with E-state index in [4.69, 9.17) is 14.2 Å². The first-order valence-electron chi connectivity index (χ1n) is 11.6. The molecular formula is C26H25N5O5. The van der Waals surface area contributed by atoms with E-state index in [-0.39, 0.29) is 23.5 Å². The highest BCUT2D eigenvalue weighted by atomic mass is 16.5. The number of hydrogen-bond donors (Lipinski definition) is 0. The Kier molecular flexibility index (Phi) is 6.21. The highest BCUT2D eigenvalue weighted by Gasteiger charge is 2.29. The van der Waals surface area contributed by atoms with Gasteiger partial charge in [-0.25, -0.2) is 4.98 Å². The maximum atomic E-state index is 12.9. The molecule has 0 bridgehead atoms. The van der Waals surface area contributed by atoms with Gasteiger partial charge in [0.05, 0.1) is 43.3 Å². The summed E-state index contributed by atoms with van der Waals surface area (Å²) in [5.41, 5.74) is 2.23. The number of methoxy groups -OCH3 is 1. The zero-order valence-corrected chi connectivity index (χ0v) is 20.0. The molecule has 1 fully saturated rings. The molecule has 1 unspecified atom stereocenters. The van der Waals surface area contributed by atoms with Crippen LogP contribution in [-0.4, -0.2) is 59.8 Å². The molecule has 1 amide bonds. The number of aromatic nitrogens is 2. The molecule has 0 radical (unpaired) electrons. The summed E-state index contributed by atoms with van der Waals surface area (Å²) in [5, 5.41) is 9.45. The number of nitrogens with zero attached hydrogens (tertiary/aromatic N) is 5. The van der Waals surface area contributed by atoms with Crippen LogP contribution >= 0.6 is 0 Å². The van der Waals surface area contributed by atoms with Crippen LogP contribution in [0.2, 0.25) is 0 Å². The number of anilines is 2. The number of fused-ring (bicyclic) bond motifs is 1. The van der Waals surface area contributed by atoms with Crippen molar-refractivity contribution in [2.75, 3.05) is 38.3 Å². The number of hydrogen-bond acceptors (Lipinski definition) is 8. The van der Waals surface area contributed by atoms with Gasteiger partial charge in [0.1, 0.15) is 35.8 Å². The van der Waals surface area contributed by atoms with Crippen molar-refractivity contribution in [2.45, 2.75) is 12.5 Å². The number of carbonyl (C=O) groups excluding carboxylic acids is 1. The molecule has 0 N–H and O–H groups in total. The number of rotatable bonds is 5. The fraction of sp³-hybridized carbons (Fsp3) is 0.308. The van der Waals surface area contributed by atoms with Crippen LogP contribution in [-0.2, 0) is 7.05 Å². The number of carbonyl (C=O) groups is 1. The van der Waals surface area contributed by atoms with Crippen LogP contribution in [0.3, 0.4) is 0 Å². The lowest BCUT2D eigenvalue weighted by atomic mass is 10.2. The fourth-order valence-corrected chi connectivity index (χ4v) is 4.47. The molecule has 1 atom stereocenters. The van der Waals surface area contributed by atoms with Crippen molar-refractivity contribution in [3.05, 3.63) is 70.3 Å². The van der Waals surface area contributed by atoms with Crippen molar-refractivity contribution >= 4 is 17.3 Å². The third kappa shape index (κ3) is 4.43. The molecule has 2 aromatic heterocycles. The first kappa shape index (κ1) is 23.2. The second kappa shape index (κ2) is 9.62. The lowest BCUT2D eigenvalue weighted by molar-refractivity contribution is 0.0771. The molecule has 1 aromatic carbocycles. The predicted molar refractivity (Wildman–Crippen MR) is 131 cm³/mol. The van der Waals surface area contributed by atoms with E-state index in [9.17, 15) is 14.9 Å². The van der Waals surface area contributed by atoms with Crippen molar-refractivity contribution in [3.63, 3.8) is 0 Å². The first-order chi connectivity index (χ1) is 17.5. The van der Waals surface area contributed by atoms with Crippen LogP contribution in [0.1, 0.15) is 22.3 Å². The van der Waals surface area contributed by atoms with Gasteiger partial charge in [-0.05, 0) is 24.3 Å². The van der Waals surface area contributed by atoms with Crippen LogP contribution in [0.25, 0.3) is 0 Å². The Morgan fingerprint density at radius 1 is 1.22 bits per heavy atom. The maximum Gasteiger partial charge on any atom is 0.255 e. The largest absolute Gasteiger partial charge is 0.490 e. The van der Waals surface area contributed by atoms with Gasteiger partial charge in [-0.2, -0.15) is 5.26 Å². The van der Waals surface area contributed by atoms with E-state index < -0.39 is 0 Å². The highest BCUT2D eigenvalue weighted by Crippen LogP contribution is 2.40. The van der Waals surface area contributed by atoms with E-state index in [2.05, 4.69) is 11.1 Å². The van der Waals surface area contributed by atoms with Gasteiger partial charge in [-0.3, -0.25) is 9.59 Å². The topological polar surface area (TPSA) is 110 Å². The molecule has 184 valence electrons. The summed E-state index contributed by atoms with van der Waals surface area (Å²) in [5.74, 6) is 1.53. The number of benzene rings is 1. The van der Waals surface area contributed by atoms with Crippen LogP contribution in [0, 0.1) is 11.3 Å². The molecule has 10 nitrogen and oxygen atoms in total. The summed E-state index contributed by atoms with van der Waals surface area (Å²) in [4.78, 5) is 32.6. The average Bonchev–Trinajstić information content (AvgIpc) is 3.37. The van der Waals surface area contributed by atoms with Gasteiger partial charge in [0.25, 0.3) is 5.91 Å². The Labute approximate surface area is 207 Å². The molecule has 0 aliphatic carbocycles. The van der Waals surface area contributed by atoms with Crippen molar-refractivity contribution in [1.29, 1.82) is 5.26 Å². The second-order valence-electron chi connectivity index (χ2n) is 8.64. The fourth-order valence-electron chi connectivity index (χ4n) is 4.47. The Morgan fingerprint density at radius 2 is 2.08 bits per heavy atom. The third-order valence-electron chi connectivity index (χ3n) is 6.32. The molecule has 2 aliphatic rings. The normalized spacial score (nSPS) is 16.6. The third-order valence-corrected chi connectivity index (χ3v) is 6.32. The summed E-state index contributed by atoms with van der Waals surface area (Å²) >= 11 is 0. The zero-order chi connectivity index (χ0) is 25.2. The van der Waals surface area contributed by atoms with Gasteiger partial charge < -0.3 is 28.6 Å². The van der Waals surface area contributed by atoms with Crippen molar-refractivity contribution < 1.29 is 19.0 Å². The van der Waals surface area contributed by atoms with E-state index in [0.717, 1.165) is 11.4 Å². The standard InChI is InChI=1S/C26H25N5O5/c1-29-15-17(3-6-24(29)32)26(33)30-8-7-21(16-30)36-20-4-5-23-22(12-20)31(9-10-35-23)19-11-18(13-27)25(34-2)28-14-19/h3-6,11-12,14-15,21H,7-10,16H2,1-2H3. The number of likely N-dealkylation sites (tertiary alicyclic amines) is 1. The smallest absolute Gasteiger partial charge is 0.255 e. The van der Waals surface area contributed by atoms with E-state index in [1.54, 1.807) is 36.5 Å². The molecule has 0 spiro atoms. The van der Waals surface area contributed by atoms with Crippen LogP contribution in [0.4, 0.5) is 11.4 Å². The molecule has 3 aromatic rings. The minimum Gasteiger partial charge on any atom is -0.490 e. The number of aryl methyl sites for hydroxylation is 1. The SMILES string of the molecule is COc1ncc(N2CCOc3ccc(OC4CCN(C(=O)c5ccc(=O)n(C)c5)C4)cc32)cc1C#N. The van der Waals surface area contributed by atoms with Crippen LogP contribution < -0.4 is 24.7 Å². The minimum absolute atomic E-state index is 0.123. The van der Waals surface area contributed by atoms with E-state index >= 15 is 0 Å². The number of amides is 1. The number of nitriles is 1. The lowest BCUT2D eigenvalue weighted by Gasteiger charge is -2.31. The van der Waals surface area contributed by atoms with Gasteiger partial charge in [0.2, 0.25) is 11.4 Å². The summed E-state index contributed by atoms with van der Waals surface area (Å²) < 4.78 is 18.6. The quantitative estimate of drug-likeness (QED) is 0.540. The van der Waals surface area contributed by atoms with Crippen LogP contribution in [0.15, 0.2) is 53.6 Å². The predicted octanol–water partition coefficient (Wildman–Crippen LogP) is 2.48. The molecule has 1 saturated heterocycles. The Bertz CT molecular complexity index is 1410.